The maximum atomic E-state index is 13.0. The van der Waals surface area contributed by atoms with E-state index in [1.54, 1.807) is 0 Å². The summed E-state index contributed by atoms with van der Waals surface area (Å²) in [5.74, 6) is -9.91. The number of rotatable bonds is 6. The van der Waals surface area contributed by atoms with Crippen molar-refractivity contribution in [2.75, 3.05) is 0 Å². The van der Waals surface area contributed by atoms with Gasteiger partial charge in [0.25, 0.3) is 0 Å². The van der Waals surface area contributed by atoms with Crippen LogP contribution in [-0.4, -0.2) is 56.2 Å². The molecule has 4 aliphatic carbocycles. The van der Waals surface area contributed by atoms with E-state index in [1.807, 2.05) is 0 Å². The second-order valence-corrected chi connectivity index (χ2v) is 8.52. The molecule has 0 amide bonds. The summed E-state index contributed by atoms with van der Waals surface area (Å²) < 4.78 is 5.02. The Hall–Kier alpha value is -3.50. The lowest BCUT2D eigenvalue weighted by molar-refractivity contribution is -0.173. The predicted octanol–water partition coefficient (Wildman–Crippen LogP) is 0.588. The van der Waals surface area contributed by atoms with Crippen LogP contribution in [0.5, 0.6) is 0 Å². The molecule has 4 rings (SSSR count). The van der Waals surface area contributed by atoms with Crippen molar-refractivity contribution in [2.24, 2.45) is 22.7 Å². The molecule has 0 spiro atoms. The van der Waals surface area contributed by atoms with E-state index in [2.05, 4.69) is 0 Å². The average Bonchev–Trinajstić information content (AvgIpc) is 3.43. The molecule has 11 nitrogen and oxygen atoms in total. The van der Waals surface area contributed by atoms with E-state index in [1.165, 1.54) is 0 Å². The van der Waals surface area contributed by atoms with Gasteiger partial charge in [0.15, 0.2) is 0 Å². The summed E-state index contributed by atoms with van der Waals surface area (Å²) >= 11 is 0. The third kappa shape index (κ3) is 2.58. The van der Waals surface area contributed by atoms with Crippen LogP contribution in [0.25, 0.3) is 0 Å². The second-order valence-electron chi connectivity index (χ2n) is 8.52. The number of ether oxygens (including phenoxy) is 1. The second kappa shape index (κ2) is 6.50. The van der Waals surface area contributed by atoms with Crippen molar-refractivity contribution in [1.29, 1.82) is 0 Å². The van der Waals surface area contributed by atoms with Crippen LogP contribution in [-0.2, 0) is 33.5 Å². The molecule has 4 bridgehead atoms. The number of carboxylic acids is 4. The van der Waals surface area contributed by atoms with E-state index < -0.39 is 69.6 Å². The fourth-order valence-corrected chi connectivity index (χ4v) is 6.02. The van der Waals surface area contributed by atoms with E-state index >= 15 is 0 Å². The first kappa shape index (κ1) is 20.8. The zero-order chi connectivity index (χ0) is 22.9. The maximum Gasteiger partial charge on any atom is 0.333 e. The highest BCUT2D eigenvalue weighted by Crippen LogP contribution is 2.60. The van der Waals surface area contributed by atoms with Gasteiger partial charge in [-0.25, -0.2) is 19.2 Å². The van der Waals surface area contributed by atoms with Crippen LogP contribution in [0.1, 0.15) is 38.5 Å². The highest BCUT2D eigenvalue weighted by molar-refractivity contribution is 6.11. The number of hydrogen-bond donors (Lipinski definition) is 4. The van der Waals surface area contributed by atoms with Crippen LogP contribution < -0.4 is 0 Å². The average molecular weight is 434 g/mol. The number of carbonyl (C=O) groups is 6. The fraction of sp³-hybridized carbons (Fsp3) is 0.500. The number of esters is 2. The van der Waals surface area contributed by atoms with Gasteiger partial charge in [-0.1, -0.05) is 0 Å². The molecule has 0 saturated heterocycles. The SMILES string of the molecule is O=C(O)C1=C(C(=O)O)C2(C(=O)OC(=O)C34CCC(C3)C(C(=O)O)=C4C(=O)O)CCC1C2. The Kier molecular flexibility index (Phi) is 4.35. The van der Waals surface area contributed by atoms with Gasteiger partial charge in [-0.3, -0.25) is 9.59 Å². The molecule has 0 aromatic rings. The molecule has 0 radical (unpaired) electrons. The third-order valence-corrected chi connectivity index (χ3v) is 7.20. The summed E-state index contributed by atoms with van der Waals surface area (Å²) in [4.78, 5) is 72.7. The van der Waals surface area contributed by atoms with Crippen LogP contribution in [0, 0.1) is 22.7 Å². The summed E-state index contributed by atoms with van der Waals surface area (Å²) in [6.07, 6.45) is 0.191. The molecule has 4 unspecified atom stereocenters. The van der Waals surface area contributed by atoms with E-state index in [9.17, 15) is 49.2 Å². The molecule has 0 aromatic carbocycles. The van der Waals surface area contributed by atoms with Crippen molar-refractivity contribution in [3.05, 3.63) is 22.3 Å². The van der Waals surface area contributed by atoms with Gasteiger partial charge in [0, 0.05) is 0 Å². The molecule has 31 heavy (non-hydrogen) atoms. The van der Waals surface area contributed by atoms with Gasteiger partial charge in [0.05, 0.1) is 22.3 Å². The Morgan fingerprint density at radius 2 is 1.00 bits per heavy atom. The number of aliphatic carboxylic acids is 4. The summed E-state index contributed by atoms with van der Waals surface area (Å²) in [7, 11) is 0. The Labute approximate surface area is 174 Å². The molecular weight excluding hydrogens is 416 g/mol. The Morgan fingerprint density at radius 3 is 1.29 bits per heavy atom. The number of carbonyl (C=O) groups excluding carboxylic acids is 2. The topological polar surface area (TPSA) is 193 Å². The van der Waals surface area contributed by atoms with Crippen molar-refractivity contribution in [2.45, 2.75) is 38.5 Å². The molecule has 0 heterocycles. The van der Waals surface area contributed by atoms with Crippen molar-refractivity contribution in [3.8, 4) is 0 Å². The van der Waals surface area contributed by atoms with Crippen LogP contribution >= 0.6 is 0 Å². The lowest BCUT2D eigenvalue weighted by atomic mass is 9.77. The fourth-order valence-electron chi connectivity index (χ4n) is 6.02. The highest BCUT2D eigenvalue weighted by Gasteiger charge is 2.64. The minimum atomic E-state index is -1.81. The van der Waals surface area contributed by atoms with Crippen molar-refractivity contribution < 1.29 is 53.9 Å². The minimum absolute atomic E-state index is 0.0141. The molecule has 2 fully saturated rings. The largest absolute Gasteiger partial charge is 0.478 e. The lowest BCUT2D eigenvalue weighted by Crippen LogP contribution is -2.41. The molecule has 2 saturated carbocycles. The standard InChI is InChI=1S/C20H18O11/c21-13(22)9-7-1-3-19(5-7,11(9)15(25)26)17(29)31-18(30)20-4-2-8(6-20)10(14(23)24)12(20)16(27)28/h7-8H,1-6H2,(H,21,22)(H,23,24)(H,25,26)(H,27,28). The van der Waals surface area contributed by atoms with Crippen molar-refractivity contribution in [1.82, 2.24) is 0 Å². The predicted molar refractivity (Wildman–Crippen MR) is 95.2 cm³/mol. The molecular formula is C20H18O11. The van der Waals surface area contributed by atoms with Gasteiger partial charge < -0.3 is 25.2 Å². The Bertz CT molecular complexity index is 965. The van der Waals surface area contributed by atoms with Crippen LogP contribution in [0.4, 0.5) is 0 Å². The van der Waals surface area contributed by atoms with Crippen molar-refractivity contribution in [3.63, 3.8) is 0 Å². The monoisotopic (exact) mass is 434 g/mol. The highest BCUT2D eigenvalue weighted by atomic mass is 16.6. The molecule has 4 atom stereocenters. The zero-order valence-electron chi connectivity index (χ0n) is 16.0. The molecule has 164 valence electrons. The first-order chi connectivity index (χ1) is 14.5. The zero-order valence-corrected chi connectivity index (χ0v) is 16.0. The third-order valence-electron chi connectivity index (χ3n) is 7.20. The summed E-state index contributed by atoms with van der Waals surface area (Å²) in [5.41, 5.74) is -5.61. The molecule has 4 aliphatic rings. The minimum Gasteiger partial charge on any atom is -0.478 e. The number of hydrogen-bond acceptors (Lipinski definition) is 7. The van der Waals surface area contributed by atoms with Gasteiger partial charge in [0.1, 0.15) is 10.8 Å². The molecule has 0 aliphatic heterocycles. The van der Waals surface area contributed by atoms with Gasteiger partial charge in [0.2, 0.25) is 0 Å². The lowest BCUT2D eigenvalue weighted by Gasteiger charge is -2.30. The van der Waals surface area contributed by atoms with Crippen LogP contribution in [0.15, 0.2) is 22.3 Å². The summed E-state index contributed by atoms with van der Waals surface area (Å²) in [6.45, 7) is 0. The van der Waals surface area contributed by atoms with E-state index in [-0.39, 0.29) is 49.7 Å². The number of carboxylic acid groups (broad SMARTS) is 4. The van der Waals surface area contributed by atoms with Crippen LogP contribution in [0.3, 0.4) is 0 Å². The van der Waals surface area contributed by atoms with E-state index in [0.717, 1.165) is 0 Å². The number of fused-ring (bicyclic) bond motifs is 4. The van der Waals surface area contributed by atoms with Gasteiger partial charge >= 0.3 is 35.8 Å². The van der Waals surface area contributed by atoms with Crippen molar-refractivity contribution >= 4 is 35.8 Å². The Morgan fingerprint density at radius 1 is 0.645 bits per heavy atom. The van der Waals surface area contributed by atoms with Gasteiger partial charge in [-0.15, -0.1) is 0 Å². The summed E-state index contributed by atoms with van der Waals surface area (Å²) in [6, 6.07) is 0. The first-order valence-corrected chi connectivity index (χ1v) is 9.65. The van der Waals surface area contributed by atoms with Gasteiger partial charge in [-0.05, 0) is 50.4 Å². The quantitative estimate of drug-likeness (QED) is 0.338. The molecule has 4 N–H and O–H groups in total. The van der Waals surface area contributed by atoms with E-state index in [0.29, 0.717) is 0 Å². The Balaban J connectivity index is 1.70. The summed E-state index contributed by atoms with van der Waals surface area (Å²) in [5, 5.41) is 37.9. The smallest absolute Gasteiger partial charge is 0.333 e. The molecule has 11 heteroatoms. The normalized spacial score (nSPS) is 33.0. The molecule has 0 aromatic heterocycles. The van der Waals surface area contributed by atoms with Gasteiger partial charge in [-0.2, -0.15) is 0 Å². The maximum absolute atomic E-state index is 13.0. The van der Waals surface area contributed by atoms with Crippen LogP contribution in [0.2, 0.25) is 0 Å². The van der Waals surface area contributed by atoms with E-state index in [4.69, 9.17) is 4.74 Å². The first-order valence-electron chi connectivity index (χ1n) is 9.65.